The number of aromatic amines is 1. The van der Waals surface area contributed by atoms with Crippen molar-refractivity contribution < 1.29 is 4.79 Å². The molecule has 0 radical (unpaired) electrons. The van der Waals surface area contributed by atoms with Crippen molar-refractivity contribution in [1.29, 1.82) is 0 Å². The van der Waals surface area contributed by atoms with Crippen molar-refractivity contribution >= 4 is 18.0 Å². The maximum absolute atomic E-state index is 10.1. The summed E-state index contributed by atoms with van der Waals surface area (Å²) in [6, 6.07) is -0.610. The van der Waals surface area contributed by atoms with Crippen molar-refractivity contribution in [2.45, 2.75) is 5.16 Å². The molecule has 7 heteroatoms. The van der Waals surface area contributed by atoms with Crippen molar-refractivity contribution in [2.24, 2.45) is 5.73 Å². The summed E-state index contributed by atoms with van der Waals surface area (Å²) in [4.78, 5) is 12.8. The Kier molecular flexibility index (Phi) is 2.11. The summed E-state index contributed by atoms with van der Waals surface area (Å²) in [7, 11) is 0. The van der Waals surface area contributed by atoms with Gasteiger partial charge in [-0.3, -0.25) is 4.72 Å². The van der Waals surface area contributed by atoms with Crippen LogP contribution in [-0.4, -0.2) is 21.2 Å². The van der Waals surface area contributed by atoms with Crippen LogP contribution in [-0.2, 0) is 0 Å². The van der Waals surface area contributed by atoms with Gasteiger partial charge in [-0.05, 0) is 0 Å². The van der Waals surface area contributed by atoms with Crippen LogP contribution in [0.3, 0.4) is 0 Å². The van der Waals surface area contributed by atoms with E-state index in [2.05, 4.69) is 19.9 Å². The number of urea groups is 1. The molecule has 0 saturated heterocycles. The van der Waals surface area contributed by atoms with E-state index < -0.39 is 6.03 Å². The molecule has 0 aliphatic heterocycles. The van der Waals surface area contributed by atoms with Crippen molar-refractivity contribution in [3.05, 3.63) is 6.33 Å². The molecule has 0 spiro atoms. The summed E-state index contributed by atoms with van der Waals surface area (Å²) >= 11 is 0.981. The summed E-state index contributed by atoms with van der Waals surface area (Å²) in [5.74, 6) is 0. The minimum Gasteiger partial charge on any atom is -0.351 e. The van der Waals surface area contributed by atoms with E-state index in [1.165, 1.54) is 6.33 Å². The van der Waals surface area contributed by atoms with Crippen LogP contribution in [0.15, 0.2) is 11.5 Å². The highest BCUT2D eigenvalue weighted by molar-refractivity contribution is 7.97. The first kappa shape index (κ1) is 6.87. The normalized spacial score (nSPS) is 9.20. The standard InChI is InChI=1S/C3H5N5OS/c4-2(9)8-10-3-5-1-6-7-3/h1H,(H3,4,8,9)(H,5,6,7). The third-order valence-electron chi connectivity index (χ3n) is 0.643. The molecule has 1 rings (SSSR count). The van der Waals surface area contributed by atoms with Gasteiger partial charge in [-0.2, -0.15) is 0 Å². The van der Waals surface area contributed by atoms with E-state index in [4.69, 9.17) is 5.73 Å². The number of hydrogen-bond acceptors (Lipinski definition) is 4. The number of H-pyrrole nitrogens is 1. The van der Waals surface area contributed by atoms with Gasteiger partial charge in [-0.15, -0.1) is 10.2 Å². The van der Waals surface area contributed by atoms with Crippen LogP contribution in [0, 0.1) is 0 Å². The second kappa shape index (κ2) is 3.06. The van der Waals surface area contributed by atoms with Crippen LogP contribution < -0.4 is 10.5 Å². The van der Waals surface area contributed by atoms with E-state index in [1.807, 2.05) is 0 Å². The van der Waals surface area contributed by atoms with Crippen molar-refractivity contribution in [1.82, 2.24) is 19.9 Å². The summed E-state index contributed by atoms with van der Waals surface area (Å²) in [6.45, 7) is 0. The highest BCUT2D eigenvalue weighted by Crippen LogP contribution is 2.03. The Balaban J connectivity index is 2.35. The van der Waals surface area contributed by atoms with Crippen molar-refractivity contribution in [3.63, 3.8) is 0 Å². The molecular weight excluding hydrogens is 154 g/mol. The molecule has 54 valence electrons. The maximum atomic E-state index is 10.1. The number of aromatic nitrogens is 3. The zero-order valence-electron chi connectivity index (χ0n) is 4.87. The molecule has 1 heterocycles. The average Bonchev–Trinajstić information content (AvgIpc) is 2.34. The molecule has 0 aromatic carbocycles. The Morgan fingerprint density at radius 3 is 3.20 bits per heavy atom. The van der Waals surface area contributed by atoms with E-state index >= 15 is 0 Å². The molecule has 0 atom stereocenters. The molecule has 1 aromatic heterocycles. The van der Waals surface area contributed by atoms with Gasteiger partial charge < -0.3 is 10.7 Å². The number of carbonyl (C=O) groups is 1. The molecule has 0 aliphatic carbocycles. The SMILES string of the molecule is NC(=O)NSc1nnc[nH]1. The van der Waals surface area contributed by atoms with Crippen molar-refractivity contribution in [3.8, 4) is 0 Å². The van der Waals surface area contributed by atoms with Gasteiger partial charge in [0.05, 0.1) is 0 Å². The molecule has 0 aliphatic rings. The minimum absolute atomic E-state index is 0.499. The highest BCUT2D eigenvalue weighted by atomic mass is 32.2. The van der Waals surface area contributed by atoms with Gasteiger partial charge in [0, 0.05) is 11.9 Å². The monoisotopic (exact) mass is 159 g/mol. The van der Waals surface area contributed by atoms with Gasteiger partial charge in [-0.1, -0.05) is 0 Å². The summed E-state index contributed by atoms with van der Waals surface area (Å²) in [5.41, 5.74) is 4.78. The van der Waals surface area contributed by atoms with Crippen LogP contribution in [0.2, 0.25) is 0 Å². The fourth-order valence-corrected chi connectivity index (χ4v) is 0.740. The van der Waals surface area contributed by atoms with Gasteiger partial charge in [0.15, 0.2) is 0 Å². The highest BCUT2D eigenvalue weighted by Gasteiger charge is 1.96. The minimum atomic E-state index is -0.610. The second-order valence-electron chi connectivity index (χ2n) is 1.36. The Morgan fingerprint density at radius 2 is 2.70 bits per heavy atom. The fraction of sp³-hybridized carbons (Fsp3) is 0. The van der Waals surface area contributed by atoms with Gasteiger partial charge in [0.1, 0.15) is 6.33 Å². The van der Waals surface area contributed by atoms with Gasteiger partial charge in [0.2, 0.25) is 5.16 Å². The molecular formula is C3H5N5OS. The summed E-state index contributed by atoms with van der Waals surface area (Å²) in [5, 5.41) is 7.56. The van der Waals surface area contributed by atoms with E-state index in [0.717, 1.165) is 11.9 Å². The predicted molar refractivity (Wildman–Crippen MR) is 35.0 cm³/mol. The molecule has 0 fully saturated rings. The van der Waals surface area contributed by atoms with E-state index in [9.17, 15) is 4.79 Å². The number of primary amides is 1. The third-order valence-corrected chi connectivity index (χ3v) is 1.34. The van der Waals surface area contributed by atoms with Crippen LogP contribution >= 0.6 is 11.9 Å². The van der Waals surface area contributed by atoms with Gasteiger partial charge in [0.25, 0.3) is 0 Å². The topological polar surface area (TPSA) is 96.7 Å². The van der Waals surface area contributed by atoms with Crippen molar-refractivity contribution in [2.75, 3.05) is 0 Å². The molecule has 6 nitrogen and oxygen atoms in total. The first-order chi connectivity index (χ1) is 4.79. The van der Waals surface area contributed by atoms with Crippen LogP contribution in [0.5, 0.6) is 0 Å². The molecule has 1 aromatic rings. The van der Waals surface area contributed by atoms with E-state index in [-0.39, 0.29) is 0 Å². The summed E-state index contributed by atoms with van der Waals surface area (Å²) in [6.07, 6.45) is 1.41. The quantitative estimate of drug-likeness (QED) is 0.506. The van der Waals surface area contributed by atoms with Crippen LogP contribution in [0.1, 0.15) is 0 Å². The van der Waals surface area contributed by atoms with Gasteiger partial charge >= 0.3 is 6.03 Å². The Hall–Kier alpha value is -1.24. The average molecular weight is 159 g/mol. The van der Waals surface area contributed by atoms with E-state index in [0.29, 0.717) is 5.16 Å². The predicted octanol–water partition coefficient (Wildman–Crippen LogP) is -0.520. The summed E-state index contributed by atoms with van der Waals surface area (Å²) < 4.78 is 2.27. The lowest BCUT2D eigenvalue weighted by atomic mass is 11.2. The smallest absolute Gasteiger partial charge is 0.322 e. The lowest BCUT2D eigenvalue weighted by molar-refractivity contribution is 0.254. The number of hydrogen-bond donors (Lipinski definition) is 3. The Labute approximate surface area is 60.7 Å². The maximum Gasteiger partial charge on any atom is 0.322 e. The Bertz CT molecular complexity index is 209. The molecule has 0 saturated carbocycles. The number of nitrogens with two attached hydrogens (primary N) is 1. The first-order valence-electron chi connectivity index (χ1n) is 2.37. The lowest BCUT2D eigenvalue weighted by Crippen LogP contribution is -2.22. The zero-order valence-corrected chi connectivity index (χ0v) is 5.68. The molecule has 4 N–H and O–H groups in total. The van der Waals surface area contributed by atoms with Crippen LogP contribution in [0.4, 0.5) is 4.79 Å². The number of rotatable bonds is 2. The number of nitrogens with zero attached hydrogens (tertiary/aromatic N) is 2. The molecule has 10 heavy (non-hydrogen) atoms. The lowest BCUT2D eigenvalue weighted by Gasteiger charge is -1.92. The largest absolute Gasteiger partial charge is 0.351 e. The second-order valence-corrected chi connectivity index (χ2v) is 2.16. The van der Waals surface area contributed by atoms with Crippen LogP contribution in [0.25, 0.3) is 0 Å². The zero-order chi connectivity index (χ0) is 7.40. The van der Waals surface area contributed by atoms with Gasteiger partial charge in [-0.25, -0.2) is 4.79 Å². The number of carbonyl (C=O) groups excluding carboxylic acids is 1. The number of nitrogens with one attached hydrogen (secondary N) is 2. The Morgan fingerprint density at radius 1 is 1.90 bits per heavy atom. The molecule has 0 bridgehead atoms. The fourth-order valence-electron chi connectivity index (χ4n) is 0.343. The van der Waals surface area contributed by atoms with E-state index in [1.54, 1.807) is 0 Å². The first-order valence-corrected chi connectivity index (χ1v) is 3.19. The molecule has 2 amide bonds. The molecule has 0 unspecified atom stereocenters. The number of amides is 2. The third kappa shape index (κ3) is 1.94.